The lowest BCUT2D eigenvalue weighted by molar-refractivity contribution is -0.139. The number of likely N-dealkylation sites (N-methyl/N-ethyl adjacent to an activating group) is 1. The van der Waals surface area contributed by atoms with Gasteiger partial charge in [0, 0.05) is 19.7 Å². The first-order valence-corrected chi connectivity index (χ1v) is 6.88. The molecule has 0 aliphatic carbocycles. The lowest BCUT2D eigenvalue weighted by Crippen LogP contribution is -2.51. The fourth-order valence-corrected chi connectivity index (χ4v) is 2.29. The lowest BCUT2D eigenvalue weighted by atomic mass is 9.84. The highest BCUT2D eigenvalue weighted by Crippen LogP contribution is 2.25. The third-order valence-corrected chi connectivity index (χ3v) is 3.97. The van der Waals surface area contributed by atoms with Crippen LogP contribution in [-0.2, 0) is 9.53 Å². The van der Waals surface area contributed by atoms with Gasteiger partial charge in [-0.1, -0.05) is 12.1 Å². The van der Waals surface area contributed by atoms with E-state index in [9.17, 15) is 4.79 Å². The Bertz CT molecular complexity index is 340. The minimum atomic E-state index is -0.955. The minimum Gasteiger partial charge on any atom is -0.409 e. The fourth-order valence-electron chi connectivity index (χ4n) is 2.29. The Labute approximate surface area is 114 Å². The molecule has 0 aromatic rings. The topological polar surface area (TPSA) is 88.2 Å². The maximum Gasteiger partial charge on any atom is 0.236 e. The van der Waals surface area contributed by atoms with Crippen LogP contribution >= 0.6 is 0 Å². The highest BCUT2D eigenvalue weighted by molar-refractivity contribution is 6.06. The van der Waals surface area contributed by atoms with Gasteiger partial charge in [0.05, 0.1) is 6.10 Å². The van der Waals surface area contributed by atoms with E-state index in [-0.39, 0.29) is 17.8 Å². The van der Waals surface area contributed by atoms with Crippen LogP contribution in [0.3, 0.4) is 0 Å². The van der Waals surface area contributed by atoms with Crippen LogP contribution in [0.15, 0.2) is 5.16 Å². The summed E-state index contributed by atoms with van der Waals surface area (Å²) in [4.78, 5) is 14.3. The van der Waals surface area contributed by atoms with Gasteiger partial charge in [-0.3, -0.25) is 4.79 Å². The normalized spacial score (nSPS) is 23.1. The molecule has 1 aliphatic heterocycles. The first-order chi connectivity index (χ1) is 8.99. The number of nitrogens with zero attached hydrogens (tertiary/aromatic N) is 2. The van der Waals surface area contributed by atoms with E-state index in [1.165, 1.54) is 0 Å². The van der Waals surface area contributed by atoms with E-state index in [0.717, 1.165) is 19.4 Å². The number of carbonyl (C=O) groups excluding carboxylic acids is 1. The first-order valence-electron chi connectivity index (χ1n) is 6.88. The predicted octanol–water partition coefficient (Wildman–Crippen LogP) is 1.18. The molecular weight excluding hydrogens is 246 g/mol. The lowest BCUT2D eigenvalue weighted by Gasteiger charge is -2.33. The van der Waals surface area contributed by atoms with Crippen LogP contribution in [-0.4, -0.2) is 47.7 Å². The molecule has 2 atom stereocenters. The fraction of sp³-hybridized carbons (Fsp3) is 0.846. The molecule has 0 bridgehead atoms. The Balaban J connectivity index is 2.80. The zero-order valence-corrected chi connectivity index (χ0v) is 12.1. The van der Waals surface area contributed by atoms with E-state index >= 15 is 0 Å². The quantitative estimate of drug-likeness (QED) is 0.328. The summed E-state index contributed by atoms with van der Waals surface area (Å²) >= 11 is 0. The molecule has 3 N–H and O–H groups in total. The van der Waals surface area contributed by atoms with Gasteiger partial charge in [-0.2, -0.15) is 0 Å². The Hall–Kier alpha value is -1.30. The van der Waals surface area contributed by atoms with Crippen LogP contribution in [0.5, 0.6) is 0 Å². The third kappa shape index (κ3) is 3.37. The number of rotatable bonds is 6. The van der Waals surface area contributed by atoms with Crippen molar-refractivity contribution in [2.75, 3.05) is 19.7 Å². The number of oxime groups is 1. The van der Waals surface area contributed by atoms with Gasteiger partial charge in [-0.05, 0) is 33.1 Å². The number of hydrogen-bond acceptors (Lipinski definition) is 4. The van der Waals surface area contributed by atoms with Crippen molar-refractivity contribution < 1.29 is 14.7 Å². The van der Waals surface area contributed by atoms with E-state index in [1.807, 2.05) is 13.8 Å². The van der Waals surface area contributed by atoms with E-state index in [0.29, 0.717) is 19.5 Å². The molecule has 1 fully saturated rings. The number of hydrogen-bond donors (Lipinski definition) is 2. The molecule has 6 heteroatoms. The Morgan fingerprint density at radius 3 is 2.68 bits per heavy atom. The highest BCUT2D eigenvalue weighted by Gasteiger charge is 2.39. The minimum absolute atomic E-state index is 0.0363. The molecule has 1 amide bonds. The molecule has 0 aromatic carbocycles. The van der Waals surface area contributed by atoms with Gasteiger partial charge in [0.15, 0.2) is 5.84 Å². The van der Waals surface area contributed by atoms with Gasteiger partial charge in [0.25, 0.3) is 0 Å². The van der Waals surface area contributed by atoms with Gasteiger partial charge < -0.3 is 20.6 Å². The van der Waals surface area contributed by atoms with Crippen LogP contribution in [0.2, 0.25) is 0 Å². The highest BCUT2D eigenvalue weighted by atomic mass is 16.5. The molecular formula is C13H25N3O3. The summed E-state index contributed by atoms with van der Waals surface area (Å²) in [5.41, 5.74) is 4.73. The molecule has 0 aromatic heterocycles. The van der Waals surface area contributed by atoms with Gasteiger partial charge in [-0.15, -0.1) is 0 Å². The van der Waals surface area contributed by atoms with Crippen LogP contribution < -0.4 is 5.73 Å². The van der Waals surface area contributed by atoms with Crippen molar-refractivity contribution in [2.45, 2.75) is 46.1 Å². The average Bonchev–Trinajstić information content (AvgIpc) is 2.95. The van der Waals surface area contributed by atoms with E-state index < -0.39 is 5.41 Å². The van der Waals surface area contributed by atoms with Crippen molar-refractivity contribution >= 4 is 11.7 Å². The van der Waals surface area contributed by atoms with Crippen LogP contribution in [0, 0.1) is 5.41 Å². The number of amidine groups is 1. The second-order valence-corrected chi connectivity index (χ2v) is 5.15. The summed E-state index contributed by atoms with van der Waals surface area (Å²) < 4.78 is 5.56. The molecule has 1 heterocycles. The van der Waals surface area contributed by atoms with Gasteiger partial charge in [0.2, 0.25) is 5.91 Å². The molecule has 1 saturated heterocycles. The van der Waals surface area contributed by atoms with Crippen LogP contribution in [0.4, 0.5) is 0 Å². The summed E-state index contributed by atoms with van der Waals surface area (Å²) in [6.07, 6.45) is 2.62. The third-order valence-electron chi connectivity index (χ3n) is 3.97. The first kappa shape index (κ1) is 15.8. The maximum absolute atomic E-state index is 12.6. The molecule has 19 heavy (non-hydrogen) atoms. The molecule has 0 radical (unpaired) electrons. The summed E-state index contributed by atoms with van der Waals surface area (Å²) in [6.45, 7) is 7.42. The Kier molecular flexibility index (Phi) is 5.60. The molecule has 2 unspecified atom stereocenters. The average molecular weight is 271 g/mol. The smallest absolute Gasteiger partial charge is 0.236 e. The van der Waals surface area contributed by atoms with E-state index in [2.05, 4.69) is 5.16 Å². The second kappa shape index (κ2) is 6.75. The molecule has 0 spiro atoms. The summed E-state index contributed by atoms with van der Waals surface area (Å²) in [5.74, 6) is -0.144. The largest absolute Gasteiger partial charge is 0.409 e. The van der Waals surface area contributed by atoms with Crippen molar-refractivity contribution in [3.05, 3.63) is 0 Å². The van der Waals surface area contributed by atoms with Crippen LogP contribution in [0.1, 0.15) is 40.0 Å². The standard InChI is InChI=1S/C13H25N3O3/c1-4-13(3,11(14)15-18)12(17)16(5-2)9-10-7-6-8-19-10/h10,18H,4-9H2,1-3H3,(H2,14,15). The predicted molar refractivity (Wildman–Crippen MR) is 73.0 cm³/mol. The monoisotopic (exact) mass is 271 g/mol. The molecule has 1 rings (SSSR count). The molecule has 1 aliphatic rings. The number of nitrogens with two attached hydrogens (primary N) is 1. The van der Waals surface area contributed by atoms with E-state index in [1.54, 1.807) is 11.8 Å². The number of carbonyl (C=O) groups is 1. The zero-order chi connectivity index (χ0) is 14.5. The van der Waals surface area contributed by atoms with Gasteiger partial charge in [0.1, 0.15) is 5.41 Å². The van der Waals surface area contributed by atoms with Crippen molar-refractivity contribution in [1.29, 1.82) is 0 Å². The molecule has 0 saturated carbocycles. The second-order valence-electron chi connectivity index (χ2n) is 5.15. The summed E-state index contributed by atoms with van der Waals surface area (Å²) in [7, 11) is 0. The van der Waals surface area contributed by atoms with Crippen molar-refractivity contribution in [3.63, 3.8) is 0 Å². The Morgan fingerprint density at radius 2 is 2.26 bits per heavy atom. The maximum atomic E-state index is 12.6. The van der Waals surface area contributed by atoms with E-state index in [4.69, 9.17) is 15.7 Å². The number of amides is 1. The van der Waals surface area contributed by atoms with Crippen molar-refractivity contribution in [3.8, 4) is 0 Å². The van der Waals surface area contributed by atoms with Crippen molar-refractivity contribution in [2.24, 2.45) is 16.3 Å². The molecule has 110 valence electrons. The van der Waals surface area contributed by atoms with Crippen LogP contribution in [0.25, 0.3) is 0 Å². The summed E-state index contributed by atoms with van der Waals surface area (Å²) in [6, 6.07) is 0. The SMILES string of the molecule is CCN(CC1CCCO1)C(=O)C(C)(CC)C(N)=NO. The zero-order valence-electron chi connectivity index (χ0n) is 12.1. The molecule has 6 nitrogen and oxygen atoms in total. The number of ether oxygens (including phenoxy) is 1. The summed E-state index contributed by atoms with van der Waals surface area (Å²) in [5, 5.41) is 11.9. The van der Waals surface area contributed by atoms with Gasteiger partial charge in [-0.25, -0.2) is 0 Å². The Morgan fingerprint density at radius 1 is 1.58 bits per heavy atom. The van der Waals surface area contributed by atoms with Gasteiger partial charge >= 0.3 is 0 Å². The van der Waals surface area contributed by atoms with Crippen molar-refractivity contribution in [1.82, 2.24) is 4.90 Å².